The number of anilines is 2. The van der Waals surface area contributed by atoms with Gasteiger partial charge in [-0.15, -0.1) is 0 Å². The Kier molecular flexibility index (Phi) is 2.40. The minimum absolute atomic E-state index is 0.338. The number of aromatic carboxylic acids is 1. The van der Waals surface area contributed by atoms with Gasteiger partial charge in [0.15, 0.2) is 0 Å². The lowest BCUT2D eigenvalue weighted by Crippen LogP contribution is -2.56. The summed E-state index contributed by atoms with van der Waals surface area (Å²) in [6.07, 6.45) is 0. The second kappa shape index (κ2) is 3.92. The second-order valence-corrected chi connectivity index (χ2v) is 4.47. The molecule has 3 rings (SSSR count). The molecule has 1 unspecified atom stereocenters. The molecule has 90 valence electrons. The highest BCUT2D eigenvalue weighted by atomic mass is 16.4. The van der Waals surface area contributed by atoms with Gasteiger partial charge in [-0.2, -0.15) is 0 Å². The first-order chi connectivity index (χ1) is 8.25. The average molecular weight is 233 g/mol. The van der Waals surface area contributed by atoms with Crippen LogP contribution in [-0.4, -0.2) is 43.3 Å². The number of rotatable bonds is 1. The summed E-state index contributed by atoms with van der Waals surface area (Å²) in [6.45, 7) is 3.80. The molecule has 1 saturated heterocycles. The summed E-state index contributed by atoms with van der Waals surface area (Å²) in [4.78, 5) is 13.3. The molecule has 0 amide bonds. The molecule has 2 aliphatic heterocycles. The zero-order valence-corrected chi connectivity index (χ0v) is 9.44. The zero-order chi connectivity index (χ0) is 11.8. The van der Waals surface area contributed by atoms with Gasteiger partial charge >= 0.3 is 5.97 Å². The molecule has 2 aliphatic rings. The summed E-state index contributed by atoms with van der Waals surface area (Å²) in [5, 5.41) is 15.6. The molecule has 5 heteroatoms. The Balaban J connectivity index is 1.97. The summed E-state index contributed by atoms with van der Waals surface area (Å²) in [6, 6.07) is 5.76. The summed E-state index contributed by atoms with van der Waals surface area (Å²) in [7, 11) is 0. The van der Waals surface area contributed by atoms with Crippen molar-refractivity contribution in [3.05, 3.63) is 23.8 Å². The first-order valence-electron chi connectivity index (χ1n) is 5.84. The number of carboxylic acids is 1. The minimum atomic E-state index is -0.878. The molecule has 0 bridgehead atoms. The van der Waals surface area contributed by atoms with Gasteiger partial charge in [-0.25, -0.2) is 4.79 Å². The third kappa shape index (κ3) is 1.72. The third-order valence-corrected chi connectivity index (χ3v) is 3.43. The number of benzene rings is 1. The fraction of sp³-hybridized carbons (Fsp3) is 0.417. The number of fused-ring (bicyclic) bond motifs is 3. The Labute approximate surface area is 99.4 Å². The fourth-order valence-corrected chi connectivity index (χ4v) is 2.55. The van der Waals surface area contributed by atoms with Crippen molar-refractivity contribution in [3.8, 4) is 0 Å². The van der Waals surface area contributed by atoms with Crippen molar-refractivity contribution in [3.63, 3.8) is 0 Å². The van der Waals surface area contributed by atoms with E-state index in [0.29, 0.717) is 11.6 Å². The van der Waals surface area contributed by atoms with Crippen LogP contribution in [0.3, 0.4) is 0 Å². The topological polar surface area (TPSA) is 64.6 Å². The highest BCUT2D eigenvalue weighted by Crippen LogP contribution is 2.32. The normalized spacial score (nSPS) is 22.4. The molecule has 1 atom stereocenters. The van der Waals surface area contributed by atoms with Crippen LogP contribution in [0.1, 0.15) is 10.4 Å². The number of carbonyl (C=O) groups is 1. The van der Waals surface area contributed by atoms with Gasteiger partial charge in [0.1, 0.15) is 0 Å². The molecule has 0 spiro atoms. The van der Waals surface area contributed by atoms with Gasteiger partial charge in [0.25, 0.3) is 0 Å². The predicted molar refractivity (Wildman–Crippen MR) is 65.9 cm³/mol. The van der Waals surface area contributed by atoms with E-state index >= 15 is 0 Å². The Morgan fingerprint density at radius 3 is 3.12 bits per heavy atom. The second-order valence-electron chi connectivity index (χ2n) is 4.47. The van der Waals surface area contributed by atoms with Crippen molar-refractivity contribution < 1.29 is 9.90 Å². The predicted octanol–water partition coefficient (Wildman–Crippen LogP) is 0.588. The Bertz CT molecular complexity index is 461. The van der Waals surface area contributed by atoms with Crippen LogP contribution in [0.15, 0.2) is 18.2 Å². The number of hydrogen-bond acceptors (Lipinski definition) is 4. The van der Waals surface area contributed by atoms with E-state index in [1.165, 1.54) is 0 Å². The smallest absolute Gasteiger partial charge is 0.335 e. The number of carboxylic acid groups (broad SMARTS) is 1. The zero-order valence-electron chi connectivity index (χ0n) is 9.44. The van der Waals surface area contributed by atoms with Gasteiger partial charge in [0.2, 0.25) is 0 Å². The lowest BCUT2D eigenvalue weighted by atomic mass is 10.0. The first-order valence-corrected chi connectivity index (χ1v) is 5.84. The largest absolute Gasteiger partial charge is 0.478 e. The van der Waals surface area contributed by atoms with Gasteiger partial charge in [0.05, 0.1) is 23.0 Å². The molecule has 0 aromatic heterocycles. The maximum Gasteiger partial charge on any atom is 0.335 e. The number of nitrogens with one attached hydrogen (secondary N) is 2. The molecule has 3 N–H and O–H groups in total. The molecule has 0 aliphatic carbocycles. The van der Waals surface area contributed by atoms with E-state index in [-0.39, 0.29) is 0 Å². The van der Waals surface area contributed by atoms with E-state index in [9.17, 15) is 4.79 Å². The van der Waals surface area contributed by atoms with E-state index in [2.05, 4.69) is 15.5 Å². The summed E-state index contributed by atoms with van der Waals surface area (Å²) < 4.78 is 0. The van der Waals surface area contributed by atoms with Crippen LogP contribution in [0.5, 0.6) is 0 Å². The summed E-state index contributed by atoms with van der Waals surface area (Å²) in [5.74, 6) is -0.878. The quantitative estimate of drug-likeness (QED) is 0.662. The Hall–Kier alpha value is -1.75. The maximum absolute atomic E-state index is 10.9. The van der Waals surface area contributed by atoms with E-state index in [4.69, 9.17) is 5.11 Å². The van der Waals surface area contributed by atoms with Gasteiger partial charge in [-0.3, -0.25) is 0 Å². The van der Waals surface area contributed by atoms with Crippen molar-refractivity contribution >= 4 is 17.3 Å². The van der Waals surface area contributed by atoms with Crippen LogP contribution in [0.25, 0.3) is 0 Å². The molecule has 2 heterocycles. The van der Waals surface area contributed by atoms with E-state index in [0.717, 1.165) is 37.6 Å². The number of hydrogen-bond donors (Lipinski definition) is 3. The minimum Gasteiger partial charge on any atom is -0.478 e. The molecule has 17 heavy (non-hydrogen) atoms. The van der Waals surface area contributed by atoms with Gasteiger partial charge in [0, 0.05) is 26.2 Å². The molecule has 1 aromatic carbocycles. The van der Waals surface area contributed by atoms with Crippen molar-refractivity contribution in [1.29, 1.82) is 0 Å². The van der Waals surface area contributed by atoms with Crippen LogP contribution in [0.2, 0.25) is 0 Å². The van der Waals surface area contributed by atoms with Crippen LogP contribution < -0.4 is 15.5 Å². The van der Waals surface area contributed by atoms with Crippen molar-refractivity contribution in [1.82, 2.24) is 5.32 Å². The number of nitrogens with zero attached hydrogens (tertiary/aromatic N) is 1. The van der Waals surface area contributed by atoms with Gasteiger partial charge in [-0.05, 0) is 18.2 Å². The molecule has 5 nitrogen and oxygen atoms in total. The van der Waals surface area contributed by atoms with Crippen LogP contribution >= 0.6 is 0 Å². The third-order valence-electron chi connectivity index (χ3n) is 3.43. The first kappa shape index (κ1) is 10.4. The number of piperazine rings is 1. The fourth-order valence-electron chi connectivity index (χ4n) is 2.55. The van der Waals surface area contributed by atoms with Gasteiger partial charge < -0.3 is 20.6 Å². The summed E-state index contributed by atoms with van der Waals surface area (Å²) >= 11 is 0. The van der Waals surface area contributed by atoms with E-state index in [1.54, 1.807) is 12.1 Å². The monoisotopic (exact) mass is 233 g/mol. The van der Waals surface area contributed by atoms with E-state index < -0.39 is 5.97 Å². The van der Waals surface area contributed by atoms with E-state index in [1.807, 2.05) is 6.07 Å². The van der Waals surface area contributed by atoms with Crippen LogP contribution in [0.4, 0.5) is 11.4 Å². The molecule has 1 fully saturated rings. The van der Waals surface area contributed by atoms with Crippen molar-refractivity contribution in [2.24, 2.45) is 0 Å². The SMILES string of the molecule is O=C(O)c1ccc2c(c1)NCC1CNCCN21. The lowest BCUT2D eigenvalue weighted by Gasteiger charge is -2.42. The molecular formula is C12H15N3O2. The molecule has 1 aromatic rings. The highest BCUT2D eigenvalue weighted by molar-refractivity contribution is 5.91. The van der Waals surface area contributed by atoms with Crippen LogP contribution in [0, 0.1) is 0 Å². The standard InChI is InChI=1S/C12H15N3O2/c16-12(17)8-1-2-11-10(5-8)14-7-9-6-13-3-4-15(9)11/h1-2,5,9,13-14H,3-4,6-7H2,(H,16,17). The summed E-state index contributed by atoms with van der Waals surface area (Å²) in [5.41, 5.74) is 2.39. The van der Waals surface area contributed by atoms with Crippen molar-refractivity contribution in [2.45, 2.75) is 6.04 Å². The molecule has 0 radical (unpaired) electrons. The Morgan fingerprint density at radius 1 is 1.41 bits per heavy atom. The molecular weight excluding hydrogens is 218 g/mol. The lowest BCUT2D eigenvalue weighted by molar-refractivity contribution is 0.0697. The van der Waals surface area contributed by atoms with Crippen LogP contribution in [-0.2, 0) is 0 Å². The van der Waals surface area contributed by atoms with Crippen molar-refractivity contribution in [2.75, 3.05) is 36.4 Å². The maximum atomic E-state index is 10.9. The molecule has 0 saturated carbocycles. The Morgan fingerprint density at radius 2 is 2.29 bits per heavy atom. The average Bonchev–Trinajstić information content (AvgIpc) is 2.38. The highest BCUT2D eigenvalue weighted by Gasteiger charge is 2.28. The van der Waals surface area contributed by atoms with Gasteiger partial charge in [-0.1, -0.05) is 0 Å².